The number of carbonyl (C=O) groups is 4. The second-order valence-electron chi connectivity index (χ2n) is 17.5. The van der Waals surface area contributed by atoms with Crippen molar-refractivity contribution >= 4 is 56.6 Å². The molecule has 0 bridgehead atoms. The molecule has 6 heterocycles. The zero-order chi connectivity index (χ0) is 41.2. The first-order chi connectivity index (χ1) is 28.4. The largest absolute Gasteiger partial charge is 0.351 e. The lowest BCUT2D eigenvalue weighted by Crippen LogP contribution is -2.50. The monoisotopic (exact) mass is 830 g/mol. The number of carbonyl (C=O) groups excluding carboxylic acids is 4. The van der Waals surface area contributed by atoms with E-state index in [1.807, 2.05) is 29.3 Å². The van der Waals surface area contributed by atoms with E-state index in [1.165, 1.54) is 13.4 Å². The average molecular weight is 831 g/mol. The second kappa shape index (κ2) is 15.4. The number of nitrogens with one attached hydrogen (secondary N) is 2. The Morgan fingerprint density at radius 3 is 2.44 bits per heavy atom. The van der Waals surface area contributed by atoms with Crippen LogP contribution in [0.1, 0.15) is 101 Å². The van der Waals surface area contributed by atoms with Gasteiger partial charge in [0.25, 0.3) is 10.2 Å². The first-order valence-corrected chi connectivity index (χ1v) is 22.8. The molecule has 3 aromatic rings. The van der Waals surface area contributed by atoms with E-state index in [-0.39, 0.29) is 54.9 Å². The summed E-state index contributed by atoms with van der Waals surface area (Å²) in [5.41, 5.74) is 2.44. The number of aromatic nitrogens is 4. The van der Waals surface area contributed by atoms with E-state index in [2.05, 4.69) is 22.5 Å². The number of benzene rings is 1. The van der Waals surface area contributed by atoms with E-state index >= 15 is 0 Å². The van der Waals surface area contributed by atoms with Gasteiger partial charge in [0, 0.05) is 83.0 Å². The molecule has 5 fully saturated rings. The fourth-order valence-electron chi connectivity index (χ4n) is 10.2. The lowest BCUT2D eigenvalue weighted by molar-refractivity contribution is -0.136. The molecule has 2 N–H and O–H groups in total. The van der Waals surface area contributed by atoms with Crippen LogP contribution >= 0.6 is 0 Å². The number of imidazole rings is 1. The van der Waals surface area contributed by atoms with Gasteiger partial charge in [-0.25, -0.2) is 9.78 Å². The molecular weight excluding hydrogens is 777 g/mol. The normalized spacial score (nSPS) is 25.5. The first-order valence-electron chi connectivity index (χ1n) is 21.4. The Morgan fingerprint density at radius 2 is 1.71 bits per heavy atom. The molecule has 3 saturated heterocycles. The van der Waals surface area contributed by atoms with Gasteiger partial charge in [-0.3, -0.25) is 38.5 Å². The maximum Gasteiger partial charge on any atom is 0.329 e. The van der Waals surface area contributed by atoms with Gasteiger partial charge >= 0.3 is 5.69 Å². The third-order valence-corrected chi connectivity index (χ3v) is 15.9. The van der Waals surface area contributed by atoms with Gasteiger partial charge < -0.3 is 10.2 Å². The minimum Gasteiger partial charge on any atom is -0.351 e. The highest BCUT2D eigenvalue weighted by Gasteiger charge is 2.62. The van der Waals surface area contributed by atoms with Crippen molar-refractivity contribution in [3.05, 3.63) is 46.0 Å². The molecule has 17 nitrogen and oxygen atoms in total. The van der Waals surface area contributed by atoms with Gasteiger partial charge in [0.2, 0.25) is 29.6 Å². The molecule has 4 aliphatic heterocycles. The molecule has 2 aliphatic carbocycles. The maximum atomic E-state index is 13.8. The summed E-state index contributed by atoms with van der Waals surface area (Å²) in [6, 6.07) is 5.05. The van der Waals surface area contributed by atoms with Gasteiger partial charge in [-0.05, 0) is 87.8 Å². The summed E-state index contributed by atoms with van der Waals surface area (Å²) in [4.78, 5) is 77.6. The smallest absolute Gasteiger partial charge is 0.329 e. The third kappa shape index (κ3) is 7.13. The van der Waals surface area contributed by atoms with Crippen LogP contribution in [0.4, 0.5) is 11.8 Å². The molecule has 9 rings (SSSR count). The summed E-state index contributed by atoms with van der Waals surface area (Å²) < 4.78 is 33.7. The summed E-state index contributed by atoms with van der Waals surface area (Å²) in [5, 5.41) is 5.78. The summed E-state index contributed by atoms with van der Waals surface area (Å²) in [6.45, 7) is 4.34. The van der Waals surface area contributed by atoms with Crippen LogP contribution in [0, 0.1) is 5.92 Å². The highest BCUT2D eigenvalue weighted by molar-refractivity contribution is 7.86. The van der Waals surface area contributed by atoms with Crippen molar-refractivity contribution in [2.45, 2.75) is 114 Å². The van der Waals surface area contributed by atoms with Crippen molar-refractivity contribution < 1.29 is 27.6 Å². The van der Waals surface area contributed by atoms with Crippen LogP contribution in [0.2, 0.25) is 0 Å². The number of anilines is 2. The van der Waals surface area contributed by atoms with Crippen LogP contribution < -0.4 is 21.2 Å². The highest BCUT2D eigenvalue weighted by Crippen LogP contribution is 2.58. The fourth-order valence-corrected chi connectivity index (χ4v) is 11.8. The van der Waals surface area contributed by atoms with Crippen LogP contribution in [0.25, 0.3) is 11.0 Å². The van der Waals surface area contributed by atoms with E-state index in [9.17, 15) is 32.4 Å². The number of aryl methyl sites for hydroxylation is 2. The van der Waals surface area contributed by atoms with Crippen LogP contribution in [0.3, 0.4) is 0 Å². The molecule has 3 unspecified atom stereocenters. The first kappa shape index (κ1) is 39.8. The Labute approximate surface area is 343 Å². The number of rotatable bonds is 10. The summed E-state index contributed by atoms with van der Waals surface area (Å²) in [5.74, 6) is 1.02. The Hall–Kier alpha value is -4.68. The number of imide groups is 1. The topological polar surface area (TPSA) is 192 Å². The van der Waals surface area contributed by atoms with Crippen molar-refractivity contribution in [2.24, 2.45) is 13.0 Å². The van der Waals surface area contributed by atoms with Crippen LogP contribution in [0.15, 0.2) is 29.2 Å². The molecule has 4 amide bonds. The summed E-state index contributed by atoms with van der Waals surface area (Å²) >= 11 is 0. The zero-order valence-corrected chi connectivity index (χ0v) is 34.7. The van der Waals surface area contributed by atoms with Crippen LogP contribution in [0.5, 0.6) is 0 Å². The van der Waals surface area contributed by atoms with Crippen molar-refractivity contribution in [3.63, 3.8) is 0 Å². The molecule has 316 valence electrons. The predicted octanol–water partition coefficient (Wildman–Crippen LogP) is 2.35. The Bertz CT molecular complexity index is 2370. The van der Waals surface area contributed by atoms with Crippen molar-refractivity contribution in [2.75, 3.05) is 49.5 Å². The van der Waals surface area contributed by atoms with E-state index in [0.29, 0.717) is 94.1 Å². The molecular formula is C41H54N10O7S. The lowest BCUT2D eigenvalue weighted by atomic mass is 10.0. The molecule has 18 heteroatoms. The molecule has 59 heavy (non-hydrogen) atoms. The Morgan fingerprint density at radius 1 is 0.932 bits per heavy atom. The predicted molar refractivity (Wildman–Crippen MR) is 219 cm³/mol. The Kier molecular flexibility index (Phi) is 10.4. The van der Waals surface area contributed by atoms with Crippen molar-refractivity contribution in [1.29, 1.82) is 0 Å². The quantitative estimate of drug-likeness (QED) is 0.287. The molecule has 6 aliphatic rings. The molecule has 3 atom stereocenters. The number of amides is 4. The van der Waals surface area contributed by atoms with Gasteiger partial charge in [0.1, 0.15) is 11.9 Å². The van der Waals surface area contributed by atoms with Gasteiger partial charge in [-0.1, -0.05) is 19.4 Å². The Balaban J connectivity index is 0.758. The molecule has 2 aromatic heterocycles. The van der Waals surface area contributed by atoms with Crippen LogP contribution in [-0.4, -0.2) is 116 Å². The fraction of sp³-hybridized carbons (Fsp3) is 0.634. The van der Waals surface area contributed by atoms with Crippen molar-refractivity contribution in [3.8, 4) is 0 Å². The lowest BCUT2D eigenvalue weighted by Gasteiger charge is -2.35. The van der Waals surface area contributed by atoms with Crippen LogP contribution in [-0.2, 0) is 48.3 Å². The van der Waals surface area contributed by atoms with Gasteiger partial charge in [0.05, 0.1) is 16.4 Å². The van der Waals surface area contributed by atoms with E-state index in [4.69, 9.17) is 4.98 Å². The minimum absolute atomic E-state index is 0.00433. The SMILES string of the molecule is CC1CCCC1N1C(=O)C2(CC2)c2cnc(NC3CCN(S(=O)(=O)N4CCCN(C(=O)CCCc5ccc6c(c5)n(C)c(=O)n6C5CCC(=O)NC5=O)CC4)CC3)nc21. The van der Waals surface area contributed by atoms with Gasteiger partial charge in [-0.15, -0.1) is 0 Å². The number of nitrogens with zero attached hydrogens (tertiary/aromatic N) is 8. The van der Waals surface area contributed by atoms with E-state index < -0.39 is 27.6 Å². The highest BCUT2D eigenvalue weighted by atomic mass is 32.2. The molecule has 1 aromatic carbocycles. The number of piperidine rings is 2. The molecule has 0 radical (unpaired) electrons. The standard InChI is InChI=1S/C41H54N10O7S/c1-26-6-3-8-30(26)51-36-29(41(16-17-41)38(51)55)25-42-39(45-36)43-28-14-20-49(21-15-28)59(57,58)48-19-5-18-47(22-23-48)35(53)9-4-7-27-10-11-31-33(24-27)46(2)40(56)50(31)32-12-13-34(52)44-37(32)54/h10-11,24-26,28,30,32H,3-9,12-23H2,1-2H3,(H,42,43,45)(H,44,52,54). The van der Waals surface area contributed by atoms with E-state index in [0.717, 1.165) is 49.0 Å². The second-order valence-corrected chi connectivity index (χ2v) is 19.4. The maximum absolute atomic E-state index is 13.8. The van der Waals surface area contributed by atoms with Gasteiger partial charge in [-0.2, -0.15) is 22.0 Å². The third-order valence-electron chi connectivity index (χ3n) is 13.8. The number of fused-ring (bicyclic) bond motifs is 3. The molecule has 1 spiro atoms. The number of hydrogen-bond donors (Lipinski definition) is 2. The average Bonchev–Trinajstić information content (AvgIpc) is 3.88. The van der Waals surface area contributed by atoms with Gasteiger partial charge in [0.15, 0.2) is 0 Å². The summed E-state index contributed by atoms with van der Waals surface area (Å²) in [6.07, 6.45) is 10.4. The minimum atomic E-state index is -3.72. The molecule has 2 saturated carbocycles. The zero-order valence-electron chi connectivity index (χ0n) is 33.9. The van der Waals surface area contributed by atoms with Crippen molar-refractivity contribution in [1.82, 2.24) is 37.9 Å². The summed E-state index contributed by atoms with van der Waals surface area (Å²) in [7, 11) is -2.06. The number of hydrogen-bond acceptors (Lipinski definition) is 10. The van der Waals surface area contributed by atoms with E-state index in [1.54, 1.807) is 16.3 Å².